The first-order valence-corrected chi connectivity index (χ1v) is 7.44. The number of esters is 1. The highest BCUT2D eigenvalue weighted by Gasteiger charge is 2.44. The minimum atomic E-state index is -0.811. The molecule has 0 saturated heterocycles. The van der Waals surface area contributed by atoms with Crippen LogP contribution in [0.25, 0.3) is 0 Å². The van der Waals surface area contributed by atoms with Crippen LogP contribution in [0.2, 0.25) is 0 Å². The van der Waals surface area contributed by atoms with Gasteiger partial charge < -0.3 is 15.8 Å². The number of carbonyl (C=O) groups excluding carboxylic acids is 2. The van der Waals surface area contributed by atoms with Crippen molar-refractivity contribution in [3.63, 3.8) is 0 Å². The van der Waals surface area contributed by atoms with Crippen molar-refractivity contribution in [1.29, 1.82) is 0 Å². The Morgan fingerprint density at radius 1 is 1.25 bits per heavy atom. The van der Waals surface area contributed by atoms with Crippen molar-refractivity contribution >= 4 is 29.1 Å². The highest BCUT2D eigenvalue weighted by molar-refractivity contribution is 7.80. The van der Waals surface area contributed by atoms with Gasteiger partial charge in [-0.15, -0.1) is 0 Å². The maximum Gasteiger partial charge on any atom is 0.328 e. The summed E-state index contributed by atoms with van der Waals surface area (Å²) >= 11 is 5.12. The Morgan fingerprint density at radius 2 is 1.80 bits per heavy atom. The van der Waals surface area contributed by atoms with Crippen LogP contribution in [0.1, 0.15) is 46.0 Å². The van der Waals surface area contributed by atoms with E-state index in [9.17, 15) is 9.59 Å². The Hall–Kier alpha value is -1.17. The van der Waals surface area contributed by atoms with Crippen LogP contribution in [0.15, 0.2) is 0 Å². The number of methoxy groups -OCH3 is 1. The maximum atomic E-state index is 12.6. The molecule has 1 unspecified atom stereocenters. The molecule has 5 nitrogen and oxygen atoms in total. The molecule has 6 heteroatoms. The van der Waals surface area contributed by atoms with Gasteiger partial charge in [-0.3, -0.25) is 4.79 Å². The van der Waals surface area contributed by atoms with Crippen LogP contribution in [-0.2, 0) is 14.3 Å². The summed E-state index contributed by atoms with van der Waals surface area (Å²) in [6.45, 7) is 3.71. The van der Waals surface area contributed by atoms with Gasteiger partial charge in [0.2, 0.25) is 5.91 Å². The van der Waals surface area contributed by atoms with Crippen LogP contribution in [0.3, 0.4) is 0 Å². The summed E-state index contributed by atoms with van der Waals surface area (Å²) in [5.41, 5.74) is 5.01. The van der Waals surface area contributed by atoms with Crippen molar-refractivity contribution in [3.05, 3.63) is 0 Å². The van der Waals surface area contributed by atoms with E-state index in [-0.39, 0.29) is 16.8 Å². The van der Waals surface area contributed by atoms with Crippen LogP contribution >= 0.6 is 12.2 Å². The van der Waals surface area contributed by atoms with E-state index in [1.165, 1.54) is 7.11 Å². The standard InChI is InChI=1S/C14H24N2O3S/c1-9(2)10(11(17)19-3)16-13(18)14(12(15)20)7-5-4-6-8-14/h9-10H,4-8H2,1-3H3,(H2,15,20)(H,16,18). The zero-order valence-electron chi connectivity index (χ0n) is 12.4. The lowest BCUT2D eigenvalue weighted by Gasteiger charge is -2.36. The van der Waals surface area contributed by atoms with E-state index >= 15 is 0 Å². The van der Waals surface area contributed by atoms with E-state index in [4.69, 9.17) is 22.7 Å². The van der Waals surface area contributed by atoms with E-state index < -0.39 is 17.4 Å². The molecule has 1 aliphatic rings. The molecule has 1 atom stereocenters. The van der Waals surface area contributed by atoms with Gasteiger partial charge >= 0.3 is 5.97 Å². The number of amides is 1. The second-order valence-electron chi connectivity index (χ2n) is 5.73. The summed E-state index contributed by atoms with van der Waals surface area (Å²) in [6.07, 6.45) is 4.24. The minimum absolute atomic E-state index is 0.0570. The van der Waals surface area contributed by atoms with Gasteiger partial charge in [-0.05, 0) is 18.8 Å². The summed E-state index contributed by atoms with van der Waals surface area (Å²) in [5.74, 6) is -0.741. The van der Waals surface area contributed by atoms with Crippen LogP contribution in [-0.4, -0.2) is 30.0 Å². The van der Waals surface area contributed by atoms with Gasteiger partial charge in [-0.25, -0.2) is 4.79 Å². The molecule has 0 spiro atoms. The van der Waals surface area contributed by atoms with E-state index in [0.29, 0.717) is 12.8 Å². The van der Waals surface area contributed by atoms with Crippen molar-refractivity contribution in [2.45, 2.75) is 52.0 Å². The third kappa shape index (κ3) is 3.48. The molecule has 0 radical (unpaired) electrons. The number of carbonyl (C=O) groups is 2. The first-order chi connectivity index (χ1) is 9.35. The lowest BCUT2D eigenvalue weighted by atomic mass is 9.73. The summed E-state index contributed by atoms with van der Waals surface area (Å²) in [5, 5.41) is 2.78. The Balaban J connectivity index is 2.90. The lowest BCUT2D eigenvalue weighted by Crippen LogP contribution is -2.55. The number of rotatable bonds is 5. The molecule has 0 bridgehead atoms. The number of hydrogen-bond acceptors (Lipinski definition) is 4. The topological polar surface area (TPSA) is 81.4 Å². The van der Waals surface area contributed by atoms with Crippen molar-refractivity contribution < 1.29 is 14.3 Å². The van der Waals surface area contributed by atoms with Gasteiger partial charge in [0.25, 0.3) is 0 Å². The number of nitrogens with two attached hydrogens (primary N) is 1. The van der Waals surface area contributed by atoms with Crippen molar-refractivity contribution in [3.8, 4) is 0 Å². The van der Waals surface area contributed by atoms with Crippen LogP contribution < -0.4 is 11.1 Å². The average Bonchev–Trinajstić information content (AvgIpc) is 2.43. The minimum Gasteiger partial charge on any atom is -0.467 e. The Labute approximate surface area is 125 Å². The number of nitrogens with one attached hydrogen (secondary N) is 1. The predicted octanol–water partition coefficient (Wildman–Crippen LogP) is 1.54. The number of ether oxygens (including phenoxy) is 1. The molecule has 114 valence electrons. The quantitative estimate of drug-likeness (QED) is 0.594. The molecule has 0 aromatic carbocycles. The molecule has 1 aliphatic carbocycles. The molecule has 0 aliphatic heterocycles. The van der Waals surface area contributed by atoms with Gasteiger partial charge in [0, 0.05) is 0 Å². The molecular formula is C14H24N2O3S. The second kappa shape index (κ2) is 7.02. The fourth-order valence-corrected chi connectivity index (χ4v) is 2.94. The first kappa shape index (κ1) is 16.9. The smallest absolute Gasteiger partial charge is 0.328 e. The number of hydrogen-bond donors (Lipinski definition) is 2. The average molecular weight is 300 g/mol. The normalized spacial score (nSPS) is 19.2. The monoisotopic (exact) mass is 300 g/mol. The number of thiocarbonyl (C=S) groups is 1. The van der Waals surface area contributed by atoms with E-state index in [1.54, 1.807) is 0 Å². The Morgan fingerprint density at radius 3 is 2.20 bits per heavy atom. The molecule has 1 amide bonds. The van der Waals surface area contributed by atoms with Crippen LogP contribution in [0.4, 0.5) is 0 Å². The summed E-state index contributed by atoms with van der Waals surface area (Å²) in [4.78, 5) is 24.6. The predicted molar refractivity (Wildman–Crippen MR) is 81.1 cm³/mol. The van der Waals surface area contributed by atoms with E-state index in [2.05, 4.69) is 5.32 Å². The fraction of sp³-hybridized carbons (Fsp3) is 0.786. The van der Waals surface area contributed by atoms with Gasteiger partial charge in [-0.1, -0.05) is 45.3 Å². The SMILES string of the molecule is COC(=O)C(NC(=O)C1(C(N)=S)CCCCC1)C(C)C. The Bertz CT molecular complexity index is 390. The second-order valence-corrected chi connectivity index (χ2v) is 6.17. The van der Waals surface area contributed by atoms with Gasteiger partial charge in [-0.2, -0.15) is 0 Å². The molecule has 0 aromatic heterocycles. The molecule has 3 N–H and O–H groups in total. The summed E-state index contributed by atoms with van der Waals surface area (Å²) in [7, 11) is 1.31. The molecule has 20 heavy (non-hydrogen) atoms. The van der Waals surface area contributed by atoms with Gasteiger partial charge in [0.05, 0.1) is 17.5 Å². The summed E-state index contributed by atoms with van der Waals surface area (Å²) < 4.78 is 4.74. The lowest BCUT2D eigenvalue weighted by molar-refractivity contribution is -0.147. The zero-order valence-corrected chi connectivity index (χ0v) is 13.2. The third-order valence-electron chi connectivity index (χ3n) is 4.02. The van der Waals surface area contributed by atoms with E-state index in [1.807, 2.05) is 13.8 Å². The first-order valence-electron chi connectivity index (χ1n) is 7.04. The van der Waals surface area contributed by atoms with Crippen LogP contribution in [0, 0.1) is 11.3 Å². The van der Waals surface area contributed by atoms with Gasteiger partial charge in [0.1, 0.15) is 6.04 Å². The Kier molecular flexibility index (Phi) is 5.92. The van der Waals surface area contributed by atoms with Gasteiger partial charge in [0.15, 0.2) is 0 Å². The highest BCUT2D eigenvalue weighted by atomic mass is 32.1. The molecular weight excluding hydrogens is 276 g/mol. The fourth-order valence-electron chi connectivity index (χ4n) is 2.64. The third-order valence-corrected chi connectivity index (χ3v) is 4.41. The molecule has 0 aromatic rings. The van der Waals surface area contributed by atoms with Crippen molar-refractivity contribution in [1.82, 2.24) is 5.32 Å². The van der Waals surface area contributed by atoms with Crippen molar-refractivity contribution in [2.24, 2.45) is 17.1 Å². The molecule has 1 saturated carbocycles. The summed E-state index contributed by atoms with van der Waals surface area (Å²) in [6, 6.07) is -0.666. The van der Waals surface area contributed by atoms with Crippen LogP contribution in [0.5, 0.6) is 0 Å². The zero-order chi connectivity index (χ0) is 15.3. The molecule has 0 heterocycles. The molecule has 1 fully saturated rings. The largest absolute Gasteiger partial charge is 0.467 e. The maximum absolute atomic E-state index is 12.6. The van der Waals surface area contributed by atoms with Crippen molar-refractivity contribution in [2.75, 3.05) is 7.11 Å². The highest BCUT2D eigenvalue weighted by Crippen LogP contribution is 2.37. The van der Waals surface area contributed by atoms with E-state index in [0.717, 1.165) is 19.3 Å². The molecule has 1 rings (SSSR count).